The Balaban J connectivity index is 1.50. The molecule has 0 N–H and O–H groups in total. The summed E-state index contributed by atoms with van der Waals surface area (Å²) in [7, 11) is -3.65. The van der Waals surface area contributed by atoms with E-state index in [1.165, 1.54) is 15.1 Å². The lowest BCUT2D eigenvalue weighted by atomic mass is 10.0. The average Bonchev–Trinajstić information content (AvgIpc) is 3.13. The Labute approximate surface area is 167 Å². The molecule has 154 valence electrons. The zero-order valence-electron chi connectivity index (χ0n) is 16.7. The molecule has 0 saturated carbocycles. The molecule has 4 rings (SSSR count). The minimum atomic E-state index is -3.65. The number of sulfonamides is 1. The largest absolute Gasteiger partial charge is 0.360 e. The summed E-state index contributed by atoms with van der Waals surface area (Å²) in [5.74, 6) is 0.822. The third-order valence-electron chi connectivity index (χ3n) is 5.00. The van der Waals surface area contributed by atoms with Gasteiger partial charge in [-0.15, -0.1) is 5.10 Å². The highest BCUT2D eigenvalue weighted by Crippen LogP contribution is 2.29. The Morgan fingerprint density at radius 1 is 1.14 bits per heavy atom. The maximum absolute atomic E-state index is 12.8. The second-order valence-electron chi connectivity index (χ2n) is 7.39. The molecular formula is C18H22N6O4S. The van der Waals surface area contributed by atoms with Crippen LogP contribution in [0.5, 0.6) is 0 Å². The minimum absolute atomic E-state index is 0.00819. The zero-order chi connectivity index (χ0) is 20.9. The molecule has 1 saturated heterocycles. The van der Waals surface area contributed by atoms with Crippen molar-refractivity contribution in [3.8, 4) is 5.82 Å². The van der Waals surface area contributed by atoms with Crippen molar-refractivity contribution in [3.05, 3.63) is 51.4 Å². The topological polar surface area (TPSA) is 116 Å². The molecule has 1 aliphatic rings. The number of hydrogen-bond acceptors (Lipinski definition) is 7. The summed E-state index contributed by atoms with van der Waals surface area (Å²) < 4.78 is 35.0. The van der Waals surface area contributed by atoms with Gasteiger partial charge in [0.2, 0.25) is 10.0 Å². The van der Waals surface area contributed by atoms with Gasteiger partial charge >= 0.3 is 0 Å². The molecule has 3 aromatic heterocycles. The molecule has 0 aliphatic carbocycles. The van der Waals surface area contributed by atoms with Gasteiger partial charge in [-0.3, -0.25) is 4.79 Å². The number of aromatic nitrogens is 5. The van der Waals surface area contributed by atoms with Crippen LogP contribution in [-0.2, 0) is 16.6 Å². The van der Waals surface area contributed by atoms with E-state index >= 15 is 0 Å². The molecule has 10 nitrogen and oxygen atoms in total. The molecule has 1 fully saturated rings. The van der Waals surface area contributed by atoms with Crippen molar-refractivity contribution in [2.45, 2.75) is 39.1 Å². The summed E-state index contributed by atoms with van der Waals surface area (Å²) in [6, 6.07) is 5.02. The van der Waals surface area contributed by atoms with Gasteiger partial charge in [0.1, 0.15) is 10.6 Å². The van der Waals surface area contributed by atoms with Crippen molar-refractivity contribution in [1.29, 1.82) is 0 Å². The Morgan fingerprint density at radius 2 is 1.86 bits per heavy atom. The van der Waals surface area contributed by atoms with E-state index in [9.17, 15) is 13.2 Å². The lowest BCUT2D eigenvalue weighted by Gasteiger charge is -2.37. The normalized spacial score (nSPS) is 15.6. The van der Waals surface area contributed by atoms with Crippen LogP contribution >= 0.6 is 0 Å². The molecule has 1 aliphatic heterocycles. The van der Waals surface area contributed by atoms with E-state index in [0.29, 0.717) is 31.1 Å². The zero-order valence-corrected chi connectivity index (χ0v) is 17.5. The molecule has 3 aromatic rings. The van der Waals surface area contributed by atoms with E-state index in [-0.39, 0.29) is 22.1 Å². The maximum Gasteiger partial charge on any atom is 0.266 e. The highest BCUT2D eigenvalue weighted by Gasteiger charge is 2.40. The second kappa shape index (κ2) is 6.92. The molecule has 0 atom stereocenters. The first-order valence-electron chi connectivity index (χ1n) is 9.21. The van der Waals surface area contributed by atoms with Crippen LogP contribution in [0.4, 0.5) is 0 Å². The Morgan fingerprint density at radius 3 is 2.45 bits per heavy atom. The molecule has 4 heterocycles. The fraction of sp³-hybridized carbons (Fsp3) is 0.444. The standard InChI is InChI=1S/C18H22N6O4S/c1-11-7-12(2)24(19-11)16-5-6-17(25)23(20-16)10-15-8-22(9-15)29(26,27)18-13(3)21-28-14(18)4/h5-7,15H,8-10H2,1-4H3. The van der Waals surface area contributed by atoms with E-state index in [1.807, 2.05) is 19.9 Å². The molecule has 0 bridgehead atoms. The van der Waals surface area contributed by atoms with Crippen molar-refractivity contribution in [3.63, 3.8) is 0 Å². The third kappa shape index (κ3) is 3.40. The summed E-state index contributed by atoms with van der Waals surface area (Å²) in [4.78, 5) is 12.4. The number of nitrogens with zero attached hydrogens (tertiary/aromatic N) is 6. The van der Waals surface area contributed by atoms with Gasteiger partial charge in [-0.1, -0.05) is 5.16 Å². The molecular weight excluding hydrogens is 396 g/mol. The van der Waals surface area contributed by atoms with Crippen molar-refractivity contribution < 1.29 is 12.9 Å². The van der Waals surface area contributed by atoms with E-state index in [0.717, 1.165) is 11.4 Å². The van der Waals surface area contributed by atoms with Crippen molar-refractivity contribution >= 4 is 10.0 Å². The number of rotatable bonds is 5. The smallest absolute Gasteiger partial charge is 0.266 e. The van der Waals surface area contributed by atoms with Crippen LogP contribution in [0.25, 0.3) is 5.82 Å². The minimum Gasteiger partial charge on any atom is -0.360 e. The molecule has 0 amide bonds. The van der Waals surface area contributed by atoms with Crippen LogP contribution < -0.4 is 5.56 Å². The maximum atomic E-state index is 12.8. The summed E-state index contributed by atoms with van der Waals surface area (Å²) in [6.07, 6.45) is 0. The first-order valence-corrected chi connectivity index (χ1v) is 10.7. The van der Waals surface area contributed by atoms with Gasteiger partial charge < -0.3 is 4.52 Å². The van der Waals surface area contributed by atoms with E-state index < -0.39 is 10.0 Å². The van der Waals surface area contributed by atoms with Crippen molar-refractivity contribution in [2.24, 2.45) is 5.92 Å². The predicted octanol–water partition coefficient (Wildman–Crippen LogP) is 0.971. The van der Waals surface area contributed by atoms with E-state index in [2.05, 4.69) is 15.4 Å². The van der Waals surface area contributed by atoms with Gasteiger partial charge in [0, 0.05) is 30.8 Å². The number of aryl methyl sites for hydroxylation is 4. The predicted molar refractivity (Wildman–Crippen MR) is 103 cm³/mol. The van der Waals surface area contributed by atoms with Crippen LogP contribution in [0.2, 0.25) is 0 Å². The fourth-order valence-corrected chi connectivity index (χ4v) is 5.48. The monoisotopic (exact) mass is 418 g/mol. The third-order valence-corrected chi connectivity index (χ3v) is 7.08. The van der Waals surface area contributed by atoms with Crippen molar-refractivity contribution in [1.82, 2.24) is 29.0 Å². The van der Waals surface area contributed by atoms with Gasteiger partial charge in [-0.25, -0.2) is 17.8 Å². The van der Waals surface area contributed by atoms with Crippen molar-refractivity contribution in [2.75, 3.05) is 13.1 Å². The van der Waals surface area contributed by atoms with Gasteiger partial charge in [0.15, 0.2) is 11.6 Å². The fourth-order valence-electron chi connectivity index (χ4n) is 3.59. The molecule has 0 unspecified atom stereocenters. The highest BCUT2D eigenvalue weighted by atomic mass is 32.2. The Bertz CT molecular complexity index is 1210. The van der Waals surface area contributed by atoms with E-state index in [1.54, 1.807) is 24.6 Å². The van der Waals surface area contributed by atoms with Crippen LogP contribution in [-0.4, -0.2) is 50.5 Å². The van der Waals surface area contributed by atoms with Gasteiger partial charge in [0.25, 0.3) is 5.56 Å². The quantitative estimate of drug-likeness (QED) is 0.606. The summed E-state index contributed by atoms with van der Waals surface area (Å²) >= 11 is 0. The van der Waals surface area contributed by atoms with E-state index in [4.69, 9.17) is 4.52 Å². The molecule has 0 spiro atoms. The molecule has 11 heteroatoms. The highest BCUT2D eigenvalue weighted by molar-refractivity contribution is 7.89. The first-order chi connectivity index (χ1) is 13.7. The molecule has 0 aromatic carbocycles. The molecule has 29 heavy (non-hydrogen) atoms. The number of hydrogen-bond donors (Lipinski definition) is 0. The lowest BCUT2D eigenvalue weighted by Crippen LogP contribution is -2.52. The molecule has 0 radical (unpaired) electrons. The average molecular weight is 418 g/mol. The van der Waals surface area contributed by atoms with Gasteiger partial charge in [-0.2, -0.15) is 9.40 Å². The van der Waals surface area contributed by atoms with Gasteiger partial charge in [0.05, 0.1) is 12.2 Å². The first kappa shape index (κ1) is 19.5. The van der Waals surface area contributed by atoms with Crippen LogP contribution in [0.15, 0.2) is 32.4 Å². The summed E-state index contributed by atoms with van der Waals surface area (Å²) in [5.41, 5.74) is 1.89. The van der Waals surface area contributed by atoms with Crippen LogP contribution in [0.3, 0.4) is 0 Å². The SMILES string of the molecule is Cc1cc(C)n(-c2ccc(=O)n(CC3CN(S(=O)(=O)c4c(C)noc4C)C3)n2)n1. The second-order valence-corrected chi connectivity index (χ2v) is 9.27. The van der Waals surface area contributed by atoms with Crippen LogP contribution in [0.1, 0.15) is 22.8 Å². The summed E-state index contributed by atoms with van der Waals surface area (Å²) in [6.45, 7) is 7.95. The lowest BCUT2D eigenvalue weighted by molar-refractivity contribution is 0.172. The Kier molecular flexibility index (Phi) is 4.66. The van der Waals surface area contributed by atoms with Crippen LogP contribution in [0, 0.1) is 33.6 Å². The Hall–Kier alpha value is -2.79. The van der Waals surface area contributed by atoms with Gasteiger partial charge in [-0.05, 0) is 39.8 Å². The summed E-state index contributed by atoms with van der Waals surface area (Å²) in [5, 5.41) is 12.5.